The molecule has 1 aromatic carbocycles. The van der Waals surface area contributed by atoms with Gasteiger partial charge >= 0.3 is 11.9 Å². The molecule has 0 radical (unpaired) electrons. The molecule has 1 aromatic rings. The predicted octanol–water partition coefficient (Wildman–Crippen LogP) is 0.831. The number of nitrogens with two attached hydrogens (primary N) is 1. The lowest BCUT2D eigenvalue weighted by molar-refractivity contribution is -0.134. The SMILES string of the molecule is NOCCc1ccccc1.O=C(O)/C=C\C(=O)O. The van der Waals surface area contributed by atoms with Gasteiger partial charge in [0.15, 0.2) is 0 Å². The van der Waals surface area contributed by atoms with Crippen molar-refractivity contribution in [3.05, 3.63) is 48.0 Å². The standard InChI is InChI=1S/C8H11NO.C4H4O4/c9-10-7-6-8-4-2-1-3-5-8;5-3(6)1-2-4(7)8/h1-5H,6-7,9H2;1-2H,(H,5,6)(H,7,8)/b;2-1-. The second-order valence-electron chi connectivity index (χ2n) is 3.12. The Morgan fingerprint density at radius 1 is 1.11 bits per heavy atom. The van der Waals surface area contributed by atoms with Crippen molar-refractivity contribution in [1.82, 2.24) is 0 Å². The first-order chi connectivity index (χ1) is 8.56. The summed E-state index contributed by atoms with van der Waals surface area (Å²) in [6, 6.07) is 10.1. The molecule has 0 aliphatic rings. The van der Waals surface area contributed by atoms with E-state index in [1.54, 1.807) is 0 Å². The van der Waals surface area contributed by atoms with Crippen molar-refractivity contribution in [1.29, 1.82) is 0 Å². The minimum Gasteiger partial charge on any atom is -0.478 e. The lowest BCUT2D eigenvalue weighted by Crippen LogP contribution is -2.03. The Morgan fingerprint density at radius 2 is 1.61 bits per heavy atom. The van der Waals surface area contributed by atoms with Crippen molar-refractivity contribution in [2.45, 2.75) is 6.42 Å². The van der Waals surface area contributed by atoms with Gasteiger partial charge in [-0.05, 0) is 12.0 Å². The quantitative estimate of drug-likeness (QED) is 0.529. The van der Waals surface area contributed by atoms with Gasteiger partial charge in [0.2, 0.25) is 0 Å². The van der Waals surface area contributed by atoms with E-state index in [-0.39, 0.29) is 0 Å². The van der Waals surface area contributed by atoms with E-state index in [9.17, 15) is 9.59 Å². The minimum absolute atomic E-state index is 0.558. The van der Waals surface area contributed by atoms with Crippen molar-refractivity contribution in [3.8, 4) is 0 Å². The van der Waals surface area contributed by atoms with E-state index in [1.165, 1.54) is 5.56 Å². The molecular formula is C12H15NO5. The van der Waals surface area contributed by atoms with Gasteiger partial charge in [-0.15, -0.1) is 0 Å². The number of carbonyl (C=O) groups is 2. The first kappa shape index (κ1) is 15.8. The van der Waals surface area contributed by atoms with E-state index in [1.807, 2.05) is 18.2 Å². The lowest BCUT2D eigenvalue weighted by Gasteiger charge is -1.96. The molecule has 4 N–H and O–H groups in total. The van der Waals surface area contributed by atoms with Crippen LogP contribution in [-0.2, 0) is 20.8 Å². The van der Waals surface area contributed by atoms with Crippen molar-refractivity contribution in [2.75, 3.05) is 6.61 Å². The molecule has 0 aliphatic heterocycles. The van der Waals surface area contributed by atoms with Crippen LogP contribution in [0.4, 0.5) is 0 Å². The van der Waals surface area contributed by atoms with Crippen LogP contribution in [0.15, 0.2) is 42.5 Å². The summed E-state index contributed by atoms with van der Waals surface area (Å²) in [7, 11) is 0. The topological polar surface area (TPSA) is 110 Å². The zero-order valence-electron chi connectivity index (χ0n) is 9.65. The Kier molecular flexibility index (Phi) is 8.79. The molecule has 18 heavy (non-hydrogen) atoms. The number of benzene rings is 1. The van der Waals surface area contributed by atoms with E-state index in [4.69, 9.17) is 16.1 Å². The number of rotatable bonds is 5. The van der Waals surface area contributed by atoms with E-state index >= 15 is 0 Å². The predicted molar refractivity (Wildman–Crippen MR) is 64.7 cm³/mol. The Balaban J connectivity index is 0.000000331. The van der Waals surface area contributed by atoms with Crippen LogP contribution in [0, 0.1) is 0 Å². The zero-order chi connectivity index (χ0) is 13.8. The smallest absolute Gasteiger partial charge is 0.328 e. The summed E-state index contributed by atoms with van der Waals surface area (Å²) in [6.45, 7) is 0.587. The number of aliphatic carboxylic acids is 2. The normalized spacial score (nSPS) is 9.61. The second-order valence-corrected chi connectivity index (χ2v) is 3.12. The van der Waals surface area contributed by atoms with Gasteiger partial charge in [0.25, 0.3) is 0 Å². The first-order valence-electron chi connectivity index (χ1n) is 5.05. The molecule has 0 aromatic heterocycles. The highest BCUT2D eigenvalue weighted by Crippen LogP contribution is 1.98. The van der Waals surface area contributed by atoms with Crippen molar-refractivity contribution >= 4 is 11.9 Å². The van der Waals surface area contributed by atoms with Crippen LogP contribution in [0.25, 0.3) is 0 Å². The fraction of sp³-hybridized carbons (Fsp3) is 0.167. The molecule has 1 rings (SSSR count). The van der Waals surface area contributed by atoms with E-state index in [2.05, 4.69) is 17.0 Å². The van der Waals surface area contributed by atoms with Gasteiger partial charge < -0.3 is 15.1 Å². The maximum atomic E-state index is 9.55. The molecule has 0 saturated heterocycles. The third-order valence-corrected chi connectivity index (χ3v) is 1.72. The van der Waals surface area contributed by atoms with Gasteiger partial charge in [-0.25, -0.2) is 15.5 Å². The fourth-order valence-corrected chi connectivity index (χ4v) is 0.964. The summed E-state index contributed by atoms with van der Waals surface area (Å²) in [5, 5.41) is 15.6. The Bertz CT molecular complexity index is 373. The maximum Gasteiger partial charge on any atom is 0.328 e. The van der Waals surface area contributed by atoms with Gasteiger partial charge in [0.05, 0.1) is 6.61 Å². The molecule has 0 fully saturated rings. The monoisotopic (exact) mass is 253 g/mol. The molecule has 0 saturated carbocycles. The van der Waals surface area contributed by atoms with Crippen LogP contribution in [-0.4, -0.2) is 28.8 Å². The highest BCUT2D eigenvalue weighted by atomic mass is 16.6. The van der Waals surface area contributed by atoms with Gasteiger partial charge in [0, 0.05) is 12.2 Å². The second kappa shape index (κ2) is 10.0. The number of hydrogen-bond donors (Lipinski definition) is 3. The Morgan fingerprint density at radius 3 is 2.00 bits per heavy atom. The van der Waals surface area contributed by atoms with Gasteiger partial charge in [-0.1, -0.05) is 30.3 Å². The largest absolute Gasteiger partial charge is 0.478 e. The van der Waals surface area contributed by atoms with Crippen LogP contribution in [0.1, 0.15) is 5.56 Å². The number of hydrogen-bond acceptors (Lipinski definition) is 4. The summed E-state index contributed by atoms with van der Waals surface area (Å²) in [6.07, 6.45) is 2.00. The van der Waals surface area contributed by atoms with Crippen LogP contribution in [0.3, 0.4) is 0 Å². The molecule has 0 spiro atoms. The van der Waals surface area contributed by atoms with Gasteiger partial charge in [-0.3, -0.25) is 0 Å². The number of carboxylic acids is 2. The van der Waals surface area contributed by atoms with Crippen molar-refractivity contribution in [3.63, 3.8) is 0 Å². The minimum atomic E-state index is -1.26. The molecule has 6 heteroatoms. The van der Waals surface area contributed by atoms with Gasteiger partial charge in [-0.2, -0.15) is 0 Å². The third kappa shape index (κ3) is 10.3. The number of carboxylic acid groups (broad SMARTS) is 2. The molecule has 0 atom stereocenters. The fourth-order valence-electron chi connectivity index (χ4n) is 0.964. The summed E-state index contributed by atoms with van der Waals surface area (Å²) >= 11 is 0. The highest BCUT2D eigenvalue weighted by Gasteiger charge is 1.88. The van der Waals surface area contributed by atoms with Crippen LogP contribution < -0.4 is 5.90 Å². The molecule has 0 aliphatic carbocycles. The molecule has 0 heterocycles. The summed E-state index contributed by atoms with van der Waals surface area (Å²) in [4.78, 5) is 23.6. The summed E-state index contributed by atoms with van der Waals surface area (Å²) < 4.78 is 0. The molecular weight excluding hydrogens is 238 g/mol. The molecule has 98 valence electrons. The van der Waals surface area contributed by atoms with E-state index in [0.29, 0.717) is 18.8 Å². The van der Waals surface area contributed by atoms with Crippen LogP contribution in [0.5, 0.6) is 0 Å². The zero-order valence-corrected chi connectivity index (χ0v) is 9.65. The van der Waals surface area contributed by atoms with Gasteiger partial charge in [0.1, 0.15) is 0 Å². The van der Waals surface area contributed by atoms with Crippen LogP contribution in [0.2, 0.25) is 0 Å². The maximum absolute atomic E-state index is 9.55. The van der Waals surface area contributed by atoms with Crippen molar-refractivity contribution in [2.24, 2.45) is 5.90 Å². The highest BCUT2D eigenvalue weighted by molar-refractivity contribution is 5.89. The third-order valence-electron chi connectivity index (χ3n) is 1.72. The van der Waals surface area contributed by atoms with E-state index in [0.717, 1.165) is 6.42 Å². The average Bonchev–Trinajstić information content (AvgIpc) is 2.36. The first-order valence-corrected chi connectivity index (χ1v) is 5.05. The average molecular weight is 253 g/mol. The molecule has 6 nitrogen and oxygen atoms in total. The summed E-state index contributed by atoms with van der Waals surface area (Å²) in [5.74, 6) is 2.36. The van der Waals surface area contributed by atoms with Crippen LogP contribution >= 0.6 is 0 Å². The Hall–Kier alpha value is -2.18. The Labute approximate surface area is 104 Å². The lowest BCUT2D eigenvalue weighted by atomic mass is 10.2. The van der Waals surface area contributed by atoms with E-state index < -0.39 is 11.9 Å². The summed E-state index contributed by atoms with van der Waals surface area (Å²) in [5.41, 5.74) is 1.26. The molecule has 0 amide bonds. The molecule has 0 bridgehead atoms. The van der Waals surface area contributed by atoms with Crippen molar-refractivity contribution < 1.29 is 24.6 Å². The molecule has 0 unspecified atom stereocenters.